The molecular formula is C36H30FN3O6. The molecule has 8 rings (SSSR count). The summed E-state index contributed by atoms with van der Waals surface area (Å²) in [6, 6.07) is 25.1. The van der Waals surface area contributed by atoms with Crippen molar-refractivity contribution in [1.82, 2.24) is 15.5 Å². The molecule has 1 saturated heterocycles. The van der Waals surface area contributed by atoms with Crippen LogP contribution in [0.1, 0.15) is 32.0 Å². The first-order valence-electron chi connectivity index (χ1n) is 14.9. The highest BCUT2D eigenvalue weighted by Crippen LogP contribution is 2.29. The number of aryl methyl sites for hydroxylation is 1. The Morgan fingerprint density at radius 2 is 1.70 bits per heavy atom. The van der Waals surface area contributed by atoms with Gasteiger partial charge in [-0.1, -0.05) is 42.5 Å². The number of nitrogens with one attached hydrogen (secondary N) is 2. The van der Waals surface area contributed by atoms with E-state index in [1.165, 1.54) is 12.1 Å². The number of hydrogen-bond acceptors (Lipinski definition) is 6. The van der Waals surface area contributed by atoms with Gasteiger partial charge in [-0.2, -0.15) is 0 Å². The Kier molecular flexibility index (Phi) is 7.61. The number of fused-ring (bicyclic) bond motifs is 8. The van der Waals surface area contributed by atoms with E-state index in [9.17, 15) is 14.4 Å². The van der Waals surface area contributed by atoms with Crippen molar-refractivity contribution in [1.29, 1.82) is 0 Å². The summed E-state index contributed by atoms with van der Waals surface area (Å²) in [6.45, 7) is 2.24. The van der Waals surface area contributed by atoms with Crippen molar-refractivity contribution in [2.24, 2.45) is 0 Å². The number of likely N-dealkylation sites (tertiary alicyclic amines) is 1. The maximum atomic E-state index is 15.1. The number of furan rings is 1. The first-order chi connectivity index (χ1) is 22.3. The highest BCUT2D eigenvalue weighted by molar-refractivity contribution is 6.05. The summed E-state index contributed by atoms with van der Waals surface area (Å²) in [6.07, 6.45) is -0.637. The van der Waals surface area contributed by atoms with Crippen molar-refractivity contribution in [3.63, 3.8) is 0 Å². The van der Waals surface area contributed by atoms with E-state index in [1.807, 2.05) is 37.3 Å². The Morgan fingerprint density at radius 3 is 2.54 bits per heavy atom. The lowest BCUT2D eigenvalue weighted by Crippen LogP contribution is -2.45. The molecule has 1 aromatic heterocycles. The van der Waals surface area contributed by atoms with E-state index in [1.54, 1.807) is 53.4 Å². The Hall–Kier alpha value is -5.64. The molecule has 4 aromatic carbocycles. The van der Waals surface area contributed by atoms with Crippen LogP contribution in [0.4, 0.5) is 4.39 Å². The van der Waals surface area contributed by atoms with Crippen molar-refractivity contribution in [2.75, 3.05) is 19.7 Å². The summed E-state index contributed by atoms with van der Waals surface area (Å²) in [5.41, 5.74) is 2.87. The van der Waals surface area contributed by atoms with Crippen LogP contribution in [0.15, 0.2) is 95.4 Å². The lowest BCUT2D eigenvalue weighted by Gasteiger charge is -2.21. The Morgan fingerprint density at radius 1 is 0.891 bits per heavy atom. The number of benzene rings is 4. The third-order valence-corrected chi connectivity index (χ3v) is 8.22. The zero-order chi connectivity index (χ0) is 31.8. The highest BCUT2D eigenvalue weighted by atomic mass is 19.1. The molecule has 0 radical (unpaired) electrons. The number of nitrogens with zero attached hydrogens (tertiary/aromatic N) is 1. The second-order valence-electron chi connectivity index (χ2n) is 11.5. The largest absolute Gasteiger partial charge is 0.486 e. The fourth-order valence-electron chi connectivity index (χ4n) is 5.88. The van der Waals surface area contributed by atoms with E-state index in [0.717, 1.165) is 10.9 Å². The first kappa shape index (κ1) is 29.1. The van der Waals surface area contributed by atoms with Crippen LogP contribution in [0.3, 0.4) is 0 Å². The topological polar surface area (TPSA) is 110 Å². The molecule has 2 atom stereocenters. The van der Waals surface area contributed by atoms with Crippen LogP contribution in [-0.4, -0.2) is 54.5 Å². The Bertz CT molecular complexity index is 1970. The molecule has 3 aliphatic rings. The van der Waals surface area contributed by atoms with E-state index >= 15 is 4.39 Å². The average molecular weight is 620 g/mol. The van der Waals surface area contributed by atoms with E-state index in [2.05, 4.69) is 10.6 Å². The van der Waals surface area contributed by atoms with Gasteiger partial charge in [0.15, 0.2) is 6.61 Å². The zero-order valence-corrected chi connectivity index (χ0v) is 24.9. The maximum Gasteiger partial charge on any atom is 0.258 e. The van der Waals surface area contributed by atoms with Crippen molar-refractivity contribution in [3.8, 4) is 22.6 Å². The minimum atomic E-state index is -0.689. The minimum Gasteiger partial charge on any atom is -0.486 e. The predicted molar refractivity (Wildman–Crippen MR) is 168 cm³/mol. The van der Waals surface area contributed by atoms with Gasteiger partial charge < -0.3 is 29.4 Å². The van der Waals surface area contributed by atoms with Gasteiger partial charge >= 0.3 is 0 Å². The van der Waals surface area contributed by atoms with Gasteiger partial charge in [0.1, 0.15) is 34.8 Å². The standard InChI is InChI=1S/C36H30FN3O6/c1-21-14-25-5-3-7-28(34(25)45-21)36(43)40-18-31-32(19-40)46-26-11-8-22(9-12-26)17-38-33(41)20-44-27-6-2-4-23(15-27)24-10-13-30(37)29(16-24)35(42)39-31/h2-16,31-32H,17-20H2,1H3,(H,38,41)(H,39,42)/t31-,32-/m0/s1. The van der Waals surface area contributed by atoms with Crippen molar-refractivity contribution in [3.05, 3.63) is 119 Å². The van der Waals surface area contributed by atoms with Crippen LogP contribution in [-0.2, 0) is 11.3 Å². The number of para-hydroxylation sites is 1. The summed E-state index contributed by atoms with van der Waals surface area (Å²) in [5.74, 6) is -0.219. The number of amides is 3. The normalized spacial score (nSPS) is 18.3. The molecule has 4 heterocycles. The van der Waals surface area contributed by atoms with Gasteiger partial charge in [0.25, 0.3) is 17.7 Å². The van der Waals surface area contributed by atoms with Crippen LogP contribution >= 0.6 is 0 Å². The monoisotopic (exact) mass is 619 g/mol. The summed E-state index contributed by atoms with van der Waals surface area (Å²) >= 11 is 0. The van der Waals surface area contributed by atoms with Gasteiger partial charge in [-0.25, -0.2) is 4.39 Å². The van der Waals surface area contributed by atoms with Crippen LogP contribution in [0.5, 0.6) is 11.5 Å². The maximum absolute atomic E-state index is 15.1. The number of halogens is 1. The minimum absolute atomic E-state index is 0.135. The fourth-order valence-corrected chi connectivity index (χ4v) is 5.88. The highest BCUT2D eigenvalue weighted by Gasteiger charge is 2.39. The van der Waals surface area contributed by atoms with Gasteiger partial charge in [-0.15, -0.1) is 0 Å². The zero-order valence-electron chi connectivity index (χ0n) is 24.9. The molecule has 6 bridgehead atoms. The smallest absolute Gasteiger partial charge is 0.258 e. The number of rotatable bonds is 1. The van der Waals surface area contributed by atoms with Crippen LogP contribution in [0.25, 0.3) is 22.1 Å². The summed E-state index contributed by atoms with van der Waals surface area (Å²) in [5, 5.41) is 6.60. The van der Waals surface area contributed by atoms with Gasteiger partial charge in [-0.05, 0) is 72.1 Å². The quantitative estimate of drug-likeness (QED) is 0.265. The summed E-state index contributed by atoms with van der Waals surface area (Å²) < 4.78 is 33.0. The van der Waals surface area contributed by atoms with Crippen molar-refractivity contribution >= 4 is 28.7 Å². The van der Waals surface area contributed by atoms with Crippen LogP contribution < -0.4 is 20.1 Å². The number of carbonyl (C=O) groups excluding carboxylic acids is 3. The number of ether oxygens (including phenoxy) is 2. The van der Waals surface area contributed by atoms with Crippen LogP contribution in [0, 0.1) is 12.7 Å². The summed E-state index contributed by atoms with van der Waals surface area (Å²) in [4.78, 5) is 41.5. The molecule has 0 unspecified atom stereocenters. The lowest BCUT2D eigenvalue weighted by molar-refractivity contribution is -0.123. The summed E-state index contributed by atoms with van der Waals surface area (Å²) in [7, 11) is 0. The van der Waals surface area contributed by atoms with Gasteiger partial charge in [-0.3, -0.25) is 14.4 Å². The number of carbonyl (C=O) groups is 3. The van der Waals surface area contributed by atoms with E-state index in [0.29, 0.717) is 46.1 Å². The second kappa shape index (κ2) is 12.0. The van der Waals surface area contributed by atoms with Crippen LogP contribution in [0.2, 0.25) is 0 Å². The molecule has 46 heavy (non-hydrogen) atoms. The van der Waals surface area contributed by atoms with E-state index in [4.69, 9.17) is 13.9 Å². The molecule has 232 valence electrons. The SMILES string of the molecule is Cc1cc2cccc(C(=O)N3C[C@@H]4NC(=O)c5cc(ccc5F)-c5cccc(c5)OCC(=O)NCc5ccc(cc5)O[C@H]4C3)c2o1. The molecule has 3 aliphatic heterocycles. The fraction of sp³-hybridized carbons (Fsp3) is 0.194. The molecule has 0 aliphatic carbocycles. The lowest BCUT2D eigenvalue weighted by atomic mass is 10.0. The molecule has 9 nitrogen and oxygen atoms in total. The first-order valence-corrected chi connectivity index (χ1v) is 14.9. The van der Waals surface area contributed by atoms with Gasteiger partial charge in [0.05, 0.1) is 23.7 Å². The molecule has 0 spiro atoms. The van der Waals surface area contributed by atoms with Crippen molar-refractivity contribution < 1.29 is 32.7 Å². The molecule has 0 saturated carbocycles. The van der Waals surface area contributed by atoms with E-state index < -0.39 is 23.9 Å². The van der Waals surface area contributed by atoms with Gasteiger partial charge in [0.2, 0.25) is 0 Å². The molecular weight excluding hydrogens is 589 g/mol. The third-order valence-electron chi connectivity index (χ3n) is 8.22. The molecule has 1 fully saturated rings. The second-order valence-corrected chi connectivity index (χ2v) is 11.5. The van der Waals surface area contributed by atoms with Crippen molar-refractivity contribution in [2.45, 2.75) is 25.6 Å². The predicted octanol–water partition coefficient (Wildman–Crippen LogP) is 5.26. The third kappa shape index (κ3) is 5.89. The average Bonchev–Trinajstić information content (AvgIpc) is 3.65. The van der Waals surface area contributed by atoms with E-state index in [-0.39, 0.29) is 37.1 Å². The Balaban J connectivity index is 1.23. The molecule has 10 heteroatoms. The van der Waals surface area contributed by atoms with Gasteiger partial charge in [0, 0.05) is 18.5 Å². The molecule has 5 aromatic rings. The molecule has 3 amide bonds. The number of hydrogen-bond donors (Lipinski definition) is 2. The Labute approximate surface area is 263 Å². The molecule has 2 N–H and O–H groups in total.